The van der Waals surface area contributed by atoms with Gasteiger partial charge < -0.3 is 0 Å². The maximum absolute atomic E-state index is 10.8. The molecular weight excluding hydrogens is 130 g/mol. The molecule has 3 heteroatoms. The largest absolute Gasteiger partial charge is 0.289 e. The average molecular weight is 143 g/mol. The highest BCUT2D eigenvalue weighted by Crippen LogP contribution is 2.54. The minimum Gasteiger partial charge on any atom is -0.289 e. The lowest BCUT2D eigenvalue weighted by molar-refractivity contribution is -0.131. The fourth-order valence-electron chi connectivity index (χ4n) is 1.29. The van der Waals surface area contributed by atoms with Crippen LogP contribution < -0.4 is 5.48 Å². The van der Waals surface area contributed by atoms with Gasteiger partial charge in [0.15, 0.2) is 0 Å². The van der Waals surface area contributed by atoms with Crippen LogP contribution in [-0.4, -0.2) is 11.1 Å². The SMILES string of the molecule is CCC1(C)CC1C(=O)NO. The third-order valence-corrected chi connectivity index (χ3v) is 2.59. The van der Waals surface area contributed by atoms with E-state index in [2.05, 4.69) is 13.8 Å². The molecule has 10 heavy (non-hydrogen) atoms. The second-order valence-corrected chi connectivity index (χ2v) is 3.24. The molecule has 58 valence electrons. The van der Waals surface area contributed by atoms with E-state index in [1.54, 1.807) is 5.48 Å². The normalized spacial score (nSPS) is 37.3. The van der Waals surface area contributed by atoms with Gasteiger partial charge in [-0.25, -0.2) is 5.48 Å². The van der Waals surface area contributed by atoms with Gasteiger partial charge in [0.1, 0.15) is 0 Å². The lowest BCUT2D eigenvalue weighted by atomic mass is 10.0. The lowest BCUT2D eigenvalue weighted by Gasteiger charge is -2.04. The van der Waals surface area contributed by atoms with Crippen LogP contribution in [0.15, 0.2) is 0 Å². The Labute approximate surface area is 60.4 Å². The molecule has 0 heterocycles. The van der Waals surface area contributed by atoms with Gasteiger partial charge in [-0.1, -0.05) is 13.8 Å². The van der Waals surface area contributed by atoms with Gasteiger partial charge in [0.05, 0.1) is 0 Å². The monoisotopic (exact) mass is 143 g/mol. The predicted molar refractivity (Wildman–Crippen MR) is 36.4 cm³/mol. The topological polar surface area (TPSA) is 49.3 Å². The molecule has 0 bridgehead atoms. The number of hydrogen-bond donors (Lipinski definition) is 2. The highest BCUT2D eigenvalue weighted by molar-refractivity contribution is 5.81. The van der Waals surface area contributed by atoms with Crippen molar-refractivity contribution in [2.45, 2.75) is 26.7 Å². The van der Waals surface area contributed by atoms with Crippen LogP contribution in [0.1, 0.15) is 26.7 Å². The molecule has 0 saturated heterocycles. The fourth-order valence-corrected chi connectivity index (χ4v) is 1.29. The molecule has 0 aliphatic heterocycles. The van der Waals surface area contributed by atoms with Crippen molar-refractivity contribution in [1.29, 1.82) is 0 Å². The zero-order valence-electron chi connectivity index (χ0n) is 6.35. The standard InChI is InChI=1S/C7H13NO2/c1-3-7(2)4-5(7)6(9)8-10/h5,10H,3-4H2,1-2H3,(H,8,9). The van der Waals surface area contributed by atoms with Crippen LogP contribution in [0.2, 0.25) is 0 Å². The zero-order chi connectivity index (χ0) is 7.78. The molecule has 1 aliphatic rings. The summed E-state index contributed by atoms with van der Waals surface area (Å²) < 4.78 is 0. The minimum absolute atomic E-state index is 0.0440. The number of nitrogens with one attached hydrogen (secondary N) is 1. The summed E-state index contributed by atoms with van der Waals surface area (Å²) in [6.45, 7) is 4.12. The molecule has 1 fully saturated rings. The Bertz CT molecular complexity index is 158. The molecule has 0 aromatic heterocycles. The van der Waals surface area contributed by atoms with Crippen molar-refractivity contribution in [3.8, 4) is 0 Å². The molecule has 2 N–H and O–H groups in total. The van der Waals surface area contributed by atoms with Crippen molar-refractivity contribution in [3.63, 3.8) is 0 Å². The van der Waals surface area contributed by atoms with Gasteiger partial charge in [0.2, 0.25) is 5.91 Å². The van der Waals surface area contributed by atoms with E-state index in [-0.39, 0.29) is 17.2 Å². The first-order valence-electron chi connectivity index (χ1n) is 3.58. The Morgan fingerprint density at radius 2 is 2.50 bits per heavy atom. The molecule has 1 saturated carbocycles. The number of carbonyl (C=O) groups is 1. The summed E-state index contributed by atoms with van der Waals surface area (Å²) in [6.07, 6.45) is 1.92. The maximum Gasteiger partial charge on any atom is 0.247 e. The van der Waals surface area contributed by atoms with E-state index in [4.69, 9.17) is 5.21 Å². The molecule has 0 radical (unpaired) electrons. The number of rotatable bonds is 2. The van der Waals surface area contributed by atoms with Crippen molar-refractivity contribution in [3.05, 3.63) is 0 Å². The Hall–Kier alpha value is -0.570. The second-order valence-electron chi connectivity index (χ2n) is 3.24. The van der Waals surface area contributed by atoms with Crippen molar-refractivity contribution in [1.82, 2.24) is 5.48 Å². The van der Waals surface area contributed by atoms with Crippen LogP contribution in [0.25, 0.3) is 0 Å². The molecule has 1 rings (SSSR count). The molecule has 1 aliphatic carbocycles. The van der Waals surface area contributed by atoms with E-state index in [1.807, 2.05) is 0 Å². The molecule has 2 unspecified atom stereocenters. The first-order valence-corrected chi connectivity index (χ1v) is 3.58. The highest BCUT2D eigenvalue weighted by Gasteiger charge is 2.52. The lowest BCUT2D eigenvalue weighted by Crippen LogP contribution is -2.22. The van der Waals surface area contributed by atoms with Crippen molar-refractivity contribution in [2.24, 2.45) is 11.3 Å². The fraction of sp³-hybridized carbons (Fsp3) is 0.857. The van der Waals surface area contributed by atoms with Crippen LogP contribution >= 0.6 is 0 Å². The van der Waals surface area contributed by atoms with E-state index in [9.17, 15) is 4.79 Å². The van der Waals surface area contributed by atoms with Gasteiger partial charge >= 0.3 is 0 Å². The second kappa shape index (κ2) is 2.23. The summed E-state index contributed by atoms with van der Waals surface area (Å²) in [6, 6.07) is 0. The molecular formula is C7H13NO2. The Kier molecular flexibility index (Phi) is 1.68. The van der Waals surface area contributed by atoms with Gasteiger partial charge in [-0.2, -0.15) is 0 Å². The Morgan fingerprint density at radius 3 is 2.80 bits per heavy atom. The van der Waals surface area contributed by atoms with Crippen molar-refractivity contribution < 1.29 is 10.0 Å². The van der Waals surface area contributed by atoms with E-state index >= 15 is 0 Å². The molecule has 3 nitrogen and oxygen atoms in total. The average Bonchev–Trinajstić information content (AvgIpc) is 2.62. The minimum atomic E-state index is -0.232. The summed E-state index contributed by atoms with van der Waals surface area (Å²) in [5.41, 5.74) is 1.84. The summed E-state index contributed by atoms with van der Waals surface area (Å²) in [5.74, 6) is -0.188. The Morgan fingerprint density at radius 1 is 1.90 bits per heavy atom. The van der Waals surface area contributed by atoms with E-state index in [0.717, 1.165) is 12.8 Å². The van der Waals surface area contributed by atoms with Crippen LogP contribution in [0.5, 0.6) is 0 Å². The van der Waals surface area contributed by atoms with Crippen LogP contribution in [0.3, 0.4) is 0 Å². The highest BCUT2D eigenvalue weighted by atomic mass is 16.5. The Balaban J connectivity index is 2.44. The smallest absolute Gasteiger partial charge is 0.247 e. The van der Waals surface area contributed by atoms with Gasteiger partial charge in [-0.05, 0) is 18.3 Å². The molecule has 1 amide bonds. The van der Waals surface area contributed by atoms with E-state index in [1.165, 1.54) is 0 Å². The molecule has 2 atom stereocenters. The summed E-state index contributed by atoms with van der Waals surface area (Å²) in [7, 11) is 0. The third kappa shape index (κ3) is 1.01. The van der Waals surface area contributed by atoms with Crippen molar-refractivity contribution >= 4 is 5.91 Å². The number of hydrogen-bond acceptors (Lipinski definition) is 2. The van der Waals surface area contributed by atoms with E-state index < -0.39 is 0 Å². The van der Waals surface area contributed by atoms with Crippen LogP contribution in [-0.2, 0) is 4.79 Å². The summed E-state index contributed by atoms with van der Waals surface area (Å²) >= 11 is 0. The number of hydroxylamine groups is 1. The summed E-state index contributed by atoms with van der Waals surface area (Å²) in [5, 5.41) is 8.27. The third-order valence-electron chi connectivity index (χ3n) is 2.59. The van der Waals surface area contributed by atoms with Gasteiger partial charge in [-0.3, -0.25) is 10.0 Å². The van der Waals surface area contributed by atoms with Crippen LogP contribution in [0, 0.1) is 11.3 Å². The van der Waals surface area contributed by atoms with Crippen molar-refractivity contribution in [2.75, 3.05) is 0 Å². The zero-order valence-corrected chi connectivity index (χ0v) is 6.35. The molecule has 0 aromatic carbocycles. The summed E-state index contributed by atoms with van der Waals surface area (Å²) in [4.78, 5) is 10.8. The first kappa shape index (κ1) is 7.54. The molecule has 0 spiro atoms. The quantitative estimate of drug-likeness (QED) is 0.446. The van der Waals surface area contributed by atoms with Crippen LogP contribution in [0.4, 0.5) is 0 Å². The number of carbonyl (C=O) groups excluding carboxylic acids is 1. The van der Waals surface area contributed by atoms with Gasteiger partial charge in [0, 0.05) is 5.92 Å². The van der Waals surface area contributed by atoms with Gasteiger partial charge in [-0.15, -0.1) is 0 Å². The predicted octanol–water partition coefficient (Wildman–Crippen LogP) is 0.928. The first-order chi connectivity index (χ1) is 4.64. The van der Waals surface area contributed by atoms with Gasteiger partial charge in [0.25, 0.3) is 0 Å². The number of amides is 1. The maximum atomic E-state index is 10.8. The molecule has 0 aromatic rings. The van der Waals surface area contributed by atoms with E-state index in [0.29, 0.717) is 0 Å².